The van der Waals surface area contributed by atoms with E-state index in [4.69, 9.17) is 14.5 Å². The normalized spacial score (nSPS) is 10.9. The van der Waals surface area contributed by atoms with Crippen LogP contribution in [0.1, 0.15) is 26.3 Å². The molecule has 230 valence electrons. The SMILES string of the molecule is C=CC(=O)Nc1cc(Nc2ncc(C(=O)OC)c(-c3cn(C)c4ccc(C(=O)OC)cc34)n2)c(C)cc1N(C)CCN(C)C. The molecule has 0 saturated carbocycles. The summed E-state index contributed by atoms with van der Waals surface area (Å²) in [5.41, 5.74) is 5.21. The zero-order valence-corrected chi connectivity index (χ0v) is 26.0. The van der Waals surface area contributed by atoms with Gasteiger partial charge in [-0.25, -0.2) is 19.6 Å². The smallest absolute Gasteiger partial charge is 0.341 e. The minimum absolute atomic E-state index is 0.155. The summed E-state index contributed by atoms with van der Waals surface area (Å²) in [4.78, 5) is 50.7. The Morgan fingerprint density at radius 1 is 1.02 bits per heavy atom. The Morgan fingerprint density at radius 3 is 2.41 bits per heavy atom. The van der Waals surface area contributed by atoms with Gasteiger partial charge >= 0.3 is 11.9 Å². The Hall–Kier alpha value is -5.23. The van der Waals surface area contributed by atoms with Crippen molar-refractivity contribution in [3.05, 3.63) is 72.1 Å². The summed E-state index contributed by atoms with van der Waals surface area (Å²) >= 11 is 0. The van der Waals surface area contributed by atoms with Gasteiger partial charge in [0.2, 0.25) is 11.9 Å². The first kappa shape index (κ1) is 31.7. The van der Waals surface area contributed by atoms with Crippen LogP contribution in [0, 0.1) is 6.92 Å². The zero-order valence-electron chi connectivity index (χ0n) is 26.0. The molecule has 0 aliphatic heterocycles. The Balaban J connectivity index is 1.82. The molecule has 0 aliphatic carbocycles. The summed E-state index contributed by atoms with van der Waals surface area (Å²) in [6.07, 6.45) is 4.45. The van der Waals surface area contributed by atoms with Crippen molar-refractivity contribution in [1.29, 1.82) is 0 Å². The molecule has 0 spiro atoms. The number of aromatic nitrogens is 3. The summed E-state index contributed by atoms with van der Waals surface area (Å²) in [6, 6.07) is 8.98. The molecule has 2 heterocycles. The number of ether oxygens (including phenoxy) is 2. The van der Waals surface area contributed by atoms with E-state index in [9.17, 15) is 14.4 Å². The molecule has 12 heteroatoms. The van der Waals surface area contributed by atoms with Crippen LogP contribution in [-0.2, 0) is 21.3 Å². The molecule has 0 bridgehead atoms. The van der Waals surface area contributed by atoms with E-state index in [-0.39, 0.29) is 17.4 Å². The van der Waals surface area contributed by atoms with Crippen molar-refractivity contribution in [3.63, 3.8) is 0 Å². The third-order valence-corrected chi connectivity index (χ3v) is 7.19. The number of carbonyl (C=O) groups excluding carboxylic acids is 3. The number of hydrogen-bond donors (Lipinski definition) is 2. The molecule has 0 fully saturated rings. The number of likely N-dealkylation sites (N-methyl/N-ethyl adjacent to an activating group) is 2. The van der Waals surface area contributed by atoms with Gasteiger partial charge in [-0.2, -0.15) is 0 Å². The van der Waals surface area contributed by atoms with Crippen molar-refractivity contribution in [2.45, 2.75) is 6.92 Å². The number of carbonyl (C=O) groups is 3. The molecule has 44 heavy (non-hydrogen) atoms. The fourth-order valence-electron chi connectivity index (χ4n) is 4.75. The third-order valence-electron chi connectivity index (χ3n) is 7.19. The maximum atomic E-state index is 12.8. The van der Waals surface area contributed by atoms with Gasteiger partial charge in [0.15, 0.2) is 0 Å². The van der Waals surface area contributed by atoms with Crippen LogP contribution in [0.5, 0.6) is 0 Å². The van der Waals surface area contributed by atoms with E-state index in [1.807, 2.05) is 64.1 Å². The van der Waals surface area contributed by atoms with Crippen LogP contribution in [-0.4, -0.2) is 85.7 Å². The predicted octanol–water partition coefficient (Wildman–Crippen LogP) is 4.38. The third kappa shape index (κ3) is 6.70. The van der Waals surface area contributed by atoms with Gasteiger partial charge in [0, 0.05) is 61.7 Å². The van der Waals surface area contributed by atoms with E-state index in [0.717, 1.165) is 29.9 Å². The van der Waals surface area contributed by atoms with Crippen molar-refractivity contribution < 1.29 is 23.9 Å². The van der Waals surface area contributed by atoms with Crippen LogP contribution in [0.15, 0.2) is 55.4 Å². The number of fused-ring (bicyclic) bond motifs is 1. The molecule has 2 aromatic heterocycles. The summed E-state index contributed by atoms with van der Waals surface area (Å²) < 4.78 is 11.8. The number of rotatable bonds is 11. The second-order valence-corrected chi connectivity index (χ2v) is 10.6. The minimum atomic E-state index is -0.608. The quantitative estimate of drug-likeness (QED) is 0.189. The monoisotopic (exact) mass is 599 g/mol. The molecule has 0 aliphatic rings. The Labute approximate surface area is 256 Å². The van der Waals surface area contributed by atoms with Gasteiger partial charge in [0.05, 0.1) is 36.9 Å². The van der Waals surface area contributed by atoms with Gasteiger partial charge in [-0.05, 0) is 63.0 Å². The van der Waals surface area contributed by atoms with Crippen molar-refractivity contribution >= 4 is 51.8 Å². The van der Waals surface area contributed by atoms with Gasteiger partial charge in [0.25, 0.3) is 0 Å². The lowest BCUT2D eigenvalue weighted by molar-refractivity contribution is -0.111. The lowest BCUT2D eigenvalue weighted by atomic mass is 10.0. The lowest BCUT2D eigenvalue weighted by Crippen LogP contribution is -2.29. The van der Waals surface area contributed by atoms with Gasteiger partial charge in [0.1, 0.15) is 5.56 Å². The summed E-state index contributed by atoms with van der Waals surface area (Å²) in [6.45, 7) is 7.07. The average molecular weight is 600 g/mol. The first-order valence-electron chi connectivity index (χ1n) is 13.8. The molecule has 0 atom stereocenters. The van der Waals surface area contributed by atoms with Crippen LogP contribution < -0.4 is 15.5 Å². The fourth-order valence-corrected chi connectivity index (χ4v) is 4.75. The Kier molecular flexibility index (Phi) is 9.64. The second kappa shape index (κ2) is 13.4. The van der Waals surface area contributed by atoms with Crippen LogP contribution in [0.4, 0.5) is 23.0 Å². The van der Waals surface area contributed by atoms with Crippen LogP contribution >= 0.6 is 0 Å². The van der Waals surface area contributed by atoms with E-state index in [1.165, 1.54) is 26.5 Å². The molecule has 2 aromatic carbocycles. The van der Waals surface area contributed by atoms with E-state index >= 15 is 0 Å². The number of esters is 2. The number of aryl methyl sites for hydroxylation is 2. The molecular weight excluding hydrogens is 562 g/mol. The number of nitrogens with zero attached hydrogens (tertiary/aromatic N) is 5. The molecular formula is C32H37N7O5. The maximum absolute atomic E-state index is 12.8. The highest BCUT2D eigenvalue weighted by Gasteiger charge is 2.22. The number of hydrogen-bond acceptors (Lipinski definition) is 10. The second-order valence-electron chi connectivity index (χ2n) is 10.6. The molecule has 2 N–H and O–H groups in total. The van der Waals surface area contributed by atoms with E-state index in [1.54, 1.807) is 12.1 Å². The predicted molar refractivity (Wildman–Crippen MR) is 172 cm³/mol. The van der Waals surface area contributed by atoms with E-state index in [0.29, 0.717) is 33.6 Å². The largest absolute Gasteiger partial charge is 0.465 e. The summed E-state index contributed by atoms with van der Waals surface area (Å²) in [7, 11) is 10.4. The van der Waals surface area contributed by atoms with Crippen molar-refractivity contribution in [3.8, 4) is 11.3 Å². The molecule has 12 nitrogen and oxygen atoms in total. The molecule has 4 rings (SSSR count). The van der Waals surface area contributed by atoms with Crippen molar-refractivity contribution in [2.24, 2.45) is 7.05 Å². The first-order valence-corrected chi connectivity index (χ1v) is 13.8. The highest BCUT2D eigenvalue weighted by molar-refractivity contribution is 6.05. The fraction of sp³-hybridized carbons (Fsp3) is 0.281. The minimum Gasteiger partial charge on any atom is -0.465 e. The molecule has 1 amide bonds. The molecule has 0 saturated heterocycles. The number of amides is 1. The Morgan fingerprint density at radius 2 is 1.75 bits per heavy atom. The van der Waals surface area contributed by atoms with Crippen molar-refractivity contribution in [1.82, 2.24) is 19.4 Å². The van der Waals surface area contributed by atoms with Gasteiger partial charge in [-0.15, -0.1) is 0 Å². The standard InChI is InChI=1S/C32H37N7O5/c1-9-28(40)34-25-16-24(19(2)14-27(25)38(5)13-12-37(3)4)35-32-33-17-22(31(42)44-8)29(36-32)23-18-39(6)26-11-10-20(15-21(23)26)30(41)43-7/h9-11,14-18H,1,12-13H2,2-8H3,(H,34,40)(H,33,35,36). The van der Waals surface area contributed by atoms with Gasteiger partial charge in [-0.3, -0.25) is 4.79 Å². The van der Waals surface area contributed by atoms with Crippen LogP contribution in [0.25, 0.3) is 22.2 Å². The Bertz CT molecular complexity index is 1740. The number of methoxy groups -OCH3 is 2. The molecule has 4 aromatic rings. The van der Waals surface area contributed by atoms with E-state index < -0.39 is 11.9 Å². The van der Waals surface area contributed by atoms with Crippen LogP contribution in [0.2, 0.25) is 0 Å². The maximum Gasteiger partial charge on any atom is 0.341 e. The number of nitrogens with one attached hydrogen (secondary N) is 2. The summed E-state index contributed by atoms with van der Waals surface area (Å²) in [5.74, 6) is -1.22. The highest BCUT2D eigenvalue weighted by atomic mass is 16.5. The van der Waals surface area contributed by atoms with Crippen molar-refractivity contribution in [2.75, 3.05) is 64.0 Å². The highest BCUT2D eigenvalue weighted by Crippen LogP contribution is 2.35. The molecule has 0 unspecified atom stereocenters. The molecule has 0 radical (unpaired) electrons. The first-order chi connectivity index (χ1) is 21.0. The zero-order chi connectivity index (χ0) is 32.1. The van der Waals surface area contributed by atoms with Crippen LogP contribution in [0.3, 0.4) is 0 Å². The topological polar surface area (TPSA) is 131 Å². The van der Waals surface area contributed by atoms with Gasteiger partial charge < -0.3 is 34.5 Å². The lowest BCUT2D eigenvalue weighted by Gasteiger charge is -2.25. The van der Waals surface area contributed by atoms with E-state index in [2.05, 4.69) is 32.0 Å². The number of benzene rings is 2. The number of anilines is 4. The average Bonchev–Trinajstić information content (AvgIpc) is 3.35. The van der Waals surface area contributed by atoms with Gasteiger partial charge in [-0.1, -0.05) is 6.58 Å². The summed E-state index contributed by atoms with van der Waals surface area (Å²) in [5, 5.41) is 6.84.